The molecule has 5 heteroatoms. The first-order valence-corrected chi connectivity index (χ1v) is 14.6. The summed E-state index contributed by atoms with van der Waals surface area (Å²) >= 11 is 0. The SMILES string of the molecule is CCCCOP(=O)(C/C=C(\C)CC/C=C(\C)CCC=C(C)C)CCC(=O)OCc1ccccc1. The van der Waals surface area contributed by atoms with Gasteiger partial charge in [-0.15, -0.1) is 0 Å². The lowest BCUT2D eigenvalue weighted by Gasteiger charge is -2.17. The van der Waals surface area contributed by atoms with Crippen LogP contribution < -0.4 is 0 Å². The van der Waals surface area contributed by atoms with Crippen molar-refractivity contribution in [2.24, 2.45) is 0 Å². The van der Waals surface area contributed by atoms with E-state index in [1.807, 2.05) is 36.4 Å². The first kappa shape index (κ1) is 30.1. The summed E-state index contributed by atoms with van der Waals surface area (Å²) in [5.41, 5.74) is 4.92. The summed E-state index contributed by atoms with van der Waals surface area (Å²) in [5, 5.41) is 0. The highest BCUT2D eigenvalue weighted by Crippen LogP contribution is 2.48. The topological polar surface area (TPSA) is 52.6 Å². The Labute approximate surface area is 208 Å². The molecule has 0 aromatic heterocycles. The molecule has 0 saturated heterocycles. The first-order valence-electron chi connectivity index (χ1n) is 12.6. The summed E-state index contributed by atoms with van der Waals surface area (Å²) in [4.78, 5) is 12.2. The minimum atomic E-state index is -2.93. The van der Waals surface area contributed by atoms with Crippen LogP contribution in [0.2, 0.25) is 0 Å². The number of benzene rings is 1. The fourth-order valence-electron chi connectivity index (χ4n) is 3.29. The number of esters is 1. The maximum atomic E-state index is 13.4. The van der Waals surface area contributed by atoms with Gasteiger partial charge < -0.3 is 9.26 Å². The molecular weight excluding hydrogens is 443 g/mol. The van der Waals surface area contributed by atoms with Crippen LogP contribution in [0.1, 0.15) is 85.1 Å². The van der Waals surface area contributed by atoms with E-state index in [-0.39, 0.29) is 25.2 Å². The van der Waals surface area contributed by atoms with Crippen molar-refractivity contribution in [1.82, 2.24) is 0 Å². The lowest BCUT2D eigenvalue weighted by atomic mass is 10.1. The molecule has 0 aliphatic heterocycles. The highest BCUT2D eigenvalue weighted by Gasteiger charge is 2.23. The Morgan fingerprint density at radius 2 is 1.56 bits per heavy atom. The first-order chi connectivity index (χ1) is 16.2. The molecule has 34 heavy (non-hydrogen) atoms. The van der Waals surface area contributed by atoms with Crippen LogP contribution in [0.25, 0.3) is 0 Å². The standard InChI is InChI=1S/C29H45O4P/c1-6-7-21-33-34(31,23-20-29(30)32-24-28-17-9-8-10-18-28)22-19-27(5)16-12-15-26(4)14-11-13-25(2)3/h8-10,13,15,17-19H,6-7,11-12,14,16,20-24H2,1-5H3/b26-15+,27-19+. The highest BCUT2D eigenvalue weighted by atomic mass is 31.2. The average Bonchev–Trinajstić information content (AvgIpc) is 2.81. The van der Waals surface area contributed by atoms with Crippen molar-refractivity contribution in [3.05, 3.63) is 70.8 Å². The summed E-state index contributed by atoms with van der Waals surface area (Å²) in [6, 6.07) is 9.58. The number of hydrogen-bond acceptors (Lipinski definition) is 4. The number of hydrogen-bond donors (Lipinski definition) is 0. The number of ether oxygens (including phenoxy) is 1. The van der Waals surface area contributed by atoms with E-state index < -0.39 is 7.37 Å². The van der Waals surface area contributed by atoms with E-state index in [2.05, 4.69) is 46.8 Å². The smallest absolute Gasteiger partial charge is 0.306 e. The molecule has 1 unspecified atom stereocenters. The molecule has 0 N–H and O–H groups in total. The lowest BCUT2D eigenvalue weighted by molar-refractivity contribution is -0.144. The average molecular weight is 489 g/mol. The minimum absolute atomic E-state index is 0.108. The van der Waals surface area contributed by atoms with Crippen LogP contribution in [-0.2, 0) is 25.2 Å². The van der Waals surface area contributed by atoms with Crippen LogP contribution in [-0.4, -0.2) is 24.9 Å². The van der Waals surface area contributed by atoms with Gasteiger partial charge in [0, 0.05) is 12.3 Å². The third-order valence-electron chi connectivity index (χ3n) is 5.56. The monoisotopic (exact) mass is 488 g/mol. The van der Waals surface area contributed by atoms with Crippen molar-refractivity contribution in [1.29, 1.82) is 0 Å². The number of carbonyl (C=O) groups is 1. The van der Waals surface area contributed by atoms with Gasteiger partial charge in [-0.1, -0.05) is 78.6 Å². The molecule has 1 atom stereocenters. The molecule has 1 rings (SSSR count). The Morgan fingerprint density at radius 1 is 0.912 bits per heavy atom. The number of unbranched alkanes of at least 4 members (excludes halogenated alkanes) is 1. The second-order valence-corrected chi connectivity index (χ2v) is 12.0. The Balaban J connectivity index is 2.55. The van der Waals surface area contributed by atoms with Gasteiger partial charge in [0.25, 0.3) is 0 Å². The third kappa shape index (κ3) is 15.1. The quantitative estimate of drug-likeness (QED) is 0.0953. The largest absolute Gasteiger partial charge is 0.461 e. The van der Waals surface area contributed by atoms with Crippen molar-refractivity contribution in [2.75, 3.05) is 18.9 Å². The minimum Gasteiger partial charge on any atom is -0.461 e. The molecule has 4 nitrogen and oxygen atoms in total. The summed E-state index contributed by atoms with van der Waals surface area (Å²) in [7, 11) is -2.93. The lowest BCUT2D eigenvalue weighted by Crippen LogP contribution is -2.09. The maximum Gasteiger partial charge on any atom is 0.306 e. The van der Waals surface area contributed by atoms with Crippen molar-refractivity contribution < 1.29 is 18.6 Å². The van der Waals surface area contributed by atoms with Gasteiger partial charge in [-0.05, 0) is 65.4 Å². The molecule has 0 heterocycles. The maximum absolute atomic E-state index is 13.4. The van der Waals surface area contributed by atoms with E-state index >= 15 is 0 Å². The van der Waals surface area contributed by atoms with E-state index in [0.717, 1.165) is 44.1 Å². The zero-order valence-corrected chi connectivity index (χ0v) is 22.9. The molecule has 1 aromatic carbocycles. The second kappa shape index (κ2) is 17.5. The summed E-state index contributed by atoms with van der Waals surface area (Å²) in [6.45, 7) is 11.3. The normalized spacial score (nSPS) is 13.9. The van der Waals surface area contributed by atoms with Gasteiger partial charge in [-0.3, -0.25) is 9.36 Å². The summed E-state index contributed by atoms with van der Waals surface area (Å²) in [6.07, 6.45) is 13.3. The number of carbonyl (C=O) groups excluding carboxylic acids is 1. The fourth-order valence-corrected chi connectivity index (χ4v) is 5.28. The zero-order valence-electron chi connectivity index (χ0n) is 22.0. The van der Waals surface area contributed by atoms with Crippen LogP contribution >= 0.6 is 7.37 Å². The van der Waals surface area contributed by atoms with E-state index in [4.69, 9.17) is 9.26 Å². The Kier molecular flexibility index (Phi) is 15.5. The Bertz CT molecular complexity index is 848. The molecule has 0 aliphatic carbocycles. The molecule has 0 spiro atoms. The van der Waals surface area contributed by atoms with E-state index in [1.165, 1.54) is 16.7 Å². The second-order valence-electron chi connectivity index (χ2n) is 9.26. The fraction of sp³-hybridized carbons (Fsp3) is 0.552. The van der Waals surface area contributed by atoms with Gasteiger partial charge >= 0.3 is 5.97 Å². The van der Waals surface area contributed by atoms with Gasteiger partial charge in [0.15, 0.2) is 0 Å². The molecule has 0 aliphatic rings. The highest BCUT2D eigenvalue weighted by molar-refractivity contribution is 7.59. The van der Waals surface area contributed by atoms with Crippen LogP contribution in [0.3, 0.4) is 0 Å². The van der Waals surface area contributed by atoms with Crippen molar-refractivity contribution in [3.8, 4) is 0 Å². The molecule has 0 amide bonds. The van der Waals surface area contributed by atoms with Crippen LogP contribution in [0.4, 0.5) is 0 Å². The van der Waals surface area contributed by atoms with Gasteiger partial charge in [0.1, 0.15) is 6.61 Å². The van der Waals surface area contributed by atoms with Gasteiger partial charge in [-0.25, -0.2) is 0 Å². The molecule has 0 saturated carbocycles. The van der Waals surface area contributed by atoms with E-state index in [0.29, 0.717) is 12.8 Å². The molecular formula is C29H45O4P. The van der Waals surface area contributed by atoms with E-state index in [9.17, 15) is 9.36 Å². The van der Waals surface area contributed by atoms with Crippen LogP contribution in [0.15, 0.2) is 65.3 Å². The van der Waals surface area contributed by atoms with Crippen LogP contribution in [0, 0.1) is 0 Å². The Morgan fingerprint density at radius 3 is 2.21 bits per heavy atom. The van der Waals surface area contributed by atoms with Crippen molar-refractivity contribution >= 4 is 13.3 Å². The molecule has 0 bridgehead atoms. The predicted octanol–water partition coefficient (Wildman–Crippen LogP) is 8.63. The van der Waals surface area contributed by atoms with Crippen molar-refractivity contribution in [2.45, 2.75) is 86.2 Å². The summed E-state index contributed by atoms with van der Waals surface area (Å²) in [5.74, 6) is -0.336. The zero-order chi connectivity index (χ0) is 25.2. The third-order valence-corrected chi connectivity index (χ3v) is 7.86. The number of rotatable bonds is 17. The van der Waals surface area contributed by atoms with Crippen LogP contribution in [0.5, 0.6) is 0 Å². The van der Waals surface area contributed by atoms with Gasteiger partial charge in [0.05, 0.1) is 13.0 Å². The molecule has 1 aromatic rings. The van der Waals surface area contributed by atoms with E-state index in [1.54, 1.807) is 0 Å². The number of allylic oxidation sites excluding steroid dienone is 6. The Hall–Kier alpha value is -1.90. The molecule has 0 fully saturated rings. The predicted molar refractivity (Wildman–Crippen MR) is 144 cm³/mol. The van der Waals surface area contributed by atoms with Crippen molar-refractivity contribution in [3.63, 3.8) is 0 Å². The van der Waals surface area contributed by atoms with Gasteiger partial charge in [0.2, 0.25) is 7.37 Å². The molecule has 0 radical (unpaired) electrons. The molecule has 190 valence electrons. The van der Waals surface area contributed by atoms with Gasteiger partial charge in [-0.2, -0.15) is 0 Å². The summed E-state index contributed by atoms with van der Waals surface area (Å²) < 4.78 is 24.6.